The predicted molar refractivity (Wildman–Crippen MR) is 144 cm³/mol. The van der Waals surface area contributed by atoms with Crippen LogP contribution in [0.5, 0.6) is 5.75 Å². The van der Waals surface area contributed by atoms with Gasteiger partial charge in [-0.1, -0.05) is 25.1 Å². The van der Waals surface area contributed by atoms with Crippen LogP contribution in [0.1, 0.15) is 18.1 Å². The van der Waals surface area contributed by atoms with Crippen molar-refractivity contribution in [2.24, 2.45) is 5.92 Å². The van der Waals surface area contributed by atoms with Crippen molar-refractivity contribution in [3.63, 3.8) is 0 Å². The van der Waals surface area contributed by atoms with E-state index in [0.717, 1.165) is 14.8 Å². The summed E-state index contributed by atoms with van der Waals surface area (Å²) in [5.74, 6) is -1.85. The number of phenols is 1. The molecule has 0 radical (unpaired) electrons. The van der Waals surface area contributed by atoms with E-state index in [1.54, 1.807) is 31.2 Å². The third kappa shape index (κ3) is 6.43. The molecule has 1 fully saturated rings. The zero-order valence-corrected chi connectivity index (χ0v) is 22.5. The second-order valence-corrected chi connectivity index (χ2v) is 9.93. The van der Waals surface area contributed by atoms with Crippen LogP contribution in [0.25, 0.3) is 11.4 Å². The average Bonchev–Trinajstić information content (AvgIpc) is 3.25. The Kier molecular flexibility index (Phi) is 9.42. The number of ether oxygens (including phenoxy) is 2. The first-order chi connectivity index (χ1) is 19.5. The van der Waals surface area contributed by atoms with Gasteiger partial charge in [-0.3, -0.25) is 4.79 Å². The highest BCUT2D eigenvalue weighted by molar-refractivity contribution is 5.74. The third-order valence-electron chi connectivity index (χ3n) is 7.22. The molecule has 2 heterocycles. The first kappa shape index (κ1) is 30.2. The molecule has 0 saturated carbocycles. The number of likely N-dealkylation sites (N-methyl/N-ethyl adjacent to an activating group) is 1. The summed E-state index contributed by atoms with van der Waals surface area (Å²) < 4.78 is 13.1. The maximum Gasteiger partial charge on any atom is 0.356 e. The van der Waals surface area contributed by atoms with E-state index in [4.69, 9.17) is 9.47 Å². The number of phenolic OH excluding ortho intramolecular Hbond substituents is 1. The topological polar surface area (TPSA) is 208 Å². The molecule has 0 amide bonds. The molecule has 41 heavy (non-hydrogen) atoms. The minimum atomic E-state index is -1.21. The van der Waals surface area contributed by atoms with Gasteiger partial charge in [0.05, 0.1) is 25.0 Å². The van der Waals surface area contributed by atoms with Crippen molar-refractivity contribution in [1.29, 1.82) is 0 Å². The summed E-state index contributed by atoms with van der Waals surface area (Å²) in [6.07, 6.45) is -3.56. The molecule has 1 aliphatic heterocycles. The standard InChI is InChI=1S/C27H34N4O10/c1-14-22(34)23(35)21(13-32)41-25(14)40-10-9-15-3-6-17(7-4-15)30-26(38)29-31(27(30)39)19-12-16(5-8-20(19)33)11-18(28-2)24(36)37/h3-8,12,14,18,21-23,25,28,32-35H,9-11,13H2,1-2H3,(H,29,38)(H,36,37)/t14?,18-,21?,22?,23?,25?/m0/s1. The zero-order valence-electron chi connectivity index (χ0n) is 22.5. The number of aliphatic hydroxyl groups is 3. The molecule has 0 spiro atoms. The fourth-order valence-corrected chi connectivity index (χ4v) is 4.71. The number of benzene rings is 2. The number of hydrogen-bond acceptors (Lipinski definition) is 10. The van der Waals surface area contributed by atoms with Gasteiger partial charge in [0.15, 0.2) is 6.29 Å². The Bertz CT molecular complexity index is 1460. The van der Waals surface area contributed by atoms with Crippen LogP contribution in [-0.2, 0) is 27.1 Å². The van der Waals surface area contributed by atoms with Gasteiger partial charge in [-0.15, -0.1) is 0 Å². The van der Waals surface area contributed by atoms with Crippen molar-refractivity contribution in [3.8, 4) is 17.1 Å². The Labute approximate surface area is 234 Å². The van der Waals surface area contributed by atoms with E-state index in [1.807, 2.05) is 0 Å². The van der Waals surface area contributed by atoms with E-state index < -0.39 is 60.5 Å². The fourth-order valence-electron chi connectivity index (χ4n) is 4.71. The number of nitrogens with one attached hydrogen (secondary N) is 2. The first-order valence-electron chi connectivity index (χ1n) is 13.1. The summed E-state index contributed by atoms with van der Waals surface area (Å²) in [7, 11) is 1.51. The number of aromatic hydroxyl groups is 1. The SMILES string of the molecule is CN[C@@H](Cc1ccc(O)c(-n2[nH]c(=O)n(-c3ccc(CCOC4OC(CO)C(O)C(O)C4C)cc3)c2=O)c1)C(=O)O. The molecule has 6 atom stereocenters. The average molecular weight is 575 g/mol. The van der Waals surface area contributed by atoms with Gasteiger partial charge in [-0.05, 0) is 55.3 Å². The Morgan fingerprint density at radius 2 is 1.80 bits per heavy atom. The molecule has 14 nitrogen and oxygen atoms in total. The number of aromatic amines is 1. The molecule has 3 aromatic rings. The number of rotatable bonds is 11. The second kappa shape index (κ2) is 12.8. The number of carbonyl (C=O) groups is 1. The molecule has 14 heteroatoms. The molecule has 4 rings (SSSR count). The Morgan fingerprint density at radius 3 is 2.44 bits per heavy atom. The molecular weight excluding hydrogens is 540 g/mol. The van der Waals surface area contributed by atoms with Crippen LogP contribution in [0.3, 0.4) is 0 Å². The van der Waals surface area contributed by atoms with Crippen LogP contribution >= 0.6 is 0 Å². The molecular formula is C27H34N4O10. The summed E-state index contributed by atoms with van der Waals surface area (Å²) in [4.78, 5) is 37.3. The minimum Gasteiger partial charge on any atom is -0.506 e. The number of aliphatic hydroxyl groups excluding tert-OH is 3. The molecule has 5 unspecified atom stereocenters. The highest BCUT2D eigenvalue weighted by atomic mass is 16.7. The Hall–Kier alpha value is -3.79. The summed E-state index contributed by atoms with van der Waals surface area (Å²) in [6.45, 7) is 1.42. The normalized spacial score (nSPS) is 23.4. The molecule has 1 aliphatic rings. The van der Waals surface area contributed by atoms with Crippen LogP contribution in [0.4, 0.5) is 0 Å². The fraction of sp³-hybridized carbons (Fsp3) is 0.444. The Balaban J connectivity index is 1.47. The molecule has 2 aromatic carbocycles. The zero-order chi connectivity index (χ0) is 29.8. The predicted octanol–water partition coefficient (Wildman–Crippen LogP) is -1.13. The summed E-state index contributed by atoms with van der Waals surface area (Å²) in [5, 5.41) is 54.3. The number of aliphatic carboxylic acids is 1. The van der Waals surface area contributed by atoms with Gasteiger partial charge >= 0.3 is 17.3 Å². The molecule has 0 bridgehead atoms. The van der Waals surface area contributed by atoms with Crippen LogP contribution in [0, 0.1) is 5.92 Å². The maximum atomic E-state index is 13.2. The van der Waals surface area contributed by atoms with E-state index in [0.29, 0.717) is 12.0 Å². The molecule has 0 aliphatic carbocycles. The van der Waals surface area contributed by atoms with Crippen molar-refractivity contribution in [1.82, 2.24) is 19.7 Å². The van der Waals surface area contributed by atoms with E-state index in [-0.39, 0.29) is 30.2 Å². The number of hydrogen-bond donors (Lipinski definition) is 7. The van der Waals surface area contributed by atoms with Gasteiger partial charge in [0.1, 0.15) is 29.7 Å². The number of H-pyrrole nitrogens is 1. The van der Waals surface area contributed by atoms with E-state index in [1.165, 1.54) is 25.2 Å². The van der Waals surface area contributed by atoms with Gasteiger partial charge in [-0.2, -0.15) is 4.68 Å². The van der Waals surface area contributed by atoms with Crippen molar-refractivity contribution < 1.29 is 39.8 Å². The summed E-state index contributed by atoms with van der Waals surface area (Å²) in [6, 6.07) is 10.0. The lowest BCUT2D eigenvalue weighted by Crippen LogP contribution is -2.55. The molecule has 1 aromatic heterocycles. The van der Waals surface area contributed by atoms with Gasteiger partial charge < -0.3 is 40.3 Å². The van der Waals surface area contributed by atoms with Crippen LogP contribution in [0.15, 0.2) is 52.1 Å². The minimum absolute atomic E-state index is 0.00223. The van der Waals surface area contributed by atoms with Gasteiger partial charge in [-0.25, -0.2) is 19.3 Å². The molecule has 1 saturated heterocycles. The highest BCUT2D eigenvalue weighted by Crippen LogP contribution is 2.27. The van der Waals surface area contributed by atoms with Crippen LogP contribution in [0.2, 0.25) is 0 Å². The van der Waals surface area contributed by atoms with Gasteiger partial charge in [0, 0.05) is 5.92 Å². The van der Waals surface area contributed by atoms with Crippen LogP contribution < -0.4 is 16.7 Å². The lowest BCUT2D eigenvalue weighted by atomic mass is 9.92. The quantitative estimate of drug-likeness (QED) is 0.146. The molecule has 222 valence electrons. The number of aromatic nitrogens is 3. The smallest absolute Gasteiger partial charge is 0.356 e. The van der Waals surface area contributed by atoms with Crippen molar-refractivity contribution in [2.45, 2.75) is 50.4 Å². The van der Waals surface area contributed by atoms with Gasteiger partial charge in [0.2, 0.25) is 0 Å². The van der Waals surface area contributed by atoms with Crippen molar-refractivity contribution >= 4 is 5.97 Å². The lowest BCUT2D eigenvalue weighted by molar-refractivity contribution is -0.282. The summed E-state index contributed by atoms with van der Waals surface area (Å²) in [5.41, 5.74) is 0.128. The third-order valence-corrected chi connectivity index (χ3v) is 7.22. The number of nitrogens with zero attached hydrogens (tertiary/aromatic N) is 2. The van der Waals surface area contributed by atoms with Crippen molar-refractivity contribution in [2.75, 3.05) is 20.3 Å². The lowest BCUT2D eigenvalue weighted by Gasteiger charge is -2.40. The largest absolute Gasteiger partial charge is 0.506 e. The highest BCUT2D eigenvalue weighted by Gasteiger charge is 2.42. The van der Waals surface area contributed by atoms with E-state index in [9.17, 15) is 39.9 Å². The van der Waals surface area contributed by atoms with E-state index >= 15 is 0 Å². The van der Waals surface area contributed by atoms with Crippen LogP contribution in [-0.4, -0.2) is 96.8 Å². The number of carboxylic acids is 1. The van der Waals surface area contributed by atoms with Gasteiger partial charge in [0.25, 0.3) is 0 Å². The summed E-state index contributed by atoms with van der Waals surface area (Å²) >= 11 is 0. The second-order valence-electron chi connectivity index (χ2n) is 9.93. The number of carboxylic acid groups (broad SMARTS) is 1. The van der Waals surface area contributed by atoms with E-state index in [2.05, 4.69) is 10.4 Å². The van der Waals surface area contributed by atoms with Crippen molar-refractivity contribution in [3.05, 3.63) is 74.6 Å². The Morgan fingerprint density at radius 1 is 1.12 bits per heavy atom. The monoisotopic (exact) mass is 574 g/mol. The first-order valence-corrected chi connectivity index (χ1v) is 13.1. The maximum absolute atomic E-state index is 13.2. The molecule has 7 N–H and O–H groups in total.